The van der Waals surface area contributed by atoms with E-state index in [2.05, 4.69) is 35.9 Å². The van der Waals surface area contributed by atoms with Crippen molar-refractivity contribution in [2.24, 2.45) is 0 Å². The van der Waals surface area contributed by atoms with E-state index < -0.39 is 0 Å². The third-order valence-corrected chi connectivity index (χ3v) is 4.09. The van der Waals surface area contributed by atoms with Crippen LogP contribution in [0.5, 0.6) is 0 Å². The van der Waals surface area contributed by atoms with E-state index in [1.54, 1.807) is 24.8 Å². The van der Waals surface area contributed by atoms with Gasteiger partial charge in [0.05, 0.1) is 11.9 Å². The summed E-state index contributed by atoms with van der Waals surface area (Å²) < 4.78 is 0. The van der Waals surface area contributed by atoms with Crippen LogP contribution in [0.4, 0.5) is 0 Å². The highest BCUT2D eigenvalue weighted by Crippen LogP contribution is 2.18. The van der Waals surface area contributed by atoms with Crippen molar-refractivity contribution in [2.75, 3.05) is 6.54 Å². The van der Waals surface area contributed by atoms with E-state index in [1.165, 1.54) is 0 Å². The van der Waals surface area contributed by atoms with Gasteiger partial charge in [0.15, 0.2) is 5.82 Å². The Hall–Kier alpha value is -2.93. The molecule has 24 heavy (non-hydrogen) atoms. The zero-order valence-electron chi connectivity index (χ0n) is 13.0. The average Bonchev–Trinajstić information content (AvgIpc) is 2.63. The Morgan fingerprint density at radius 1 is 1.17 bits per heavy atom. The van der Waals surface area contributed by atoms with Crippen LogP contribution in [0.25, 0.3) is 11.5 Å². The number of hydrogen-bond acceptors (Lipinski definition) is 6. The summed E-state index contributed by atoms with van der Waals surface area (Å²) >= 11 is 0. The topological polar surface area (TPSA) is 87.7 Å². The smallest absolute Gasteiger partial charge is 0.254 e. The van der Waals surface area contributed by atoms with Gasteiger partial charge < -0.3 is 4.98 Å². The first-order chi connectivity index (χ1) is 11.8. The Morgan fingerprint density at radius 3 is 2.88 bits per heavy atom. The summed E-state index contributed by atoms with van der Waals surface area (Å²) in [7, 11) is 0. The quantitative estimate of drug-likeness (QED) is 0.780. The lowest BCUT2D eigenvalue weighted by Crippen LogP contribution is -2.35. The molecule has 0 aliphatic carbocycles. The van der Waals surface area contributed by atoms with Crippen molar-refractivity contribution >= 4 is 0 Å². The monoisotopic (exact) mass is 320 g/mol. The van der Waals surface area contributed by atoms with E-state index in [9.17, 15) is 4.79 Å². The van der Waals surface area contributed by atoms with Gasteiger partial charge in [0.25, 0.3) is 5.56 Å². The summed E-state index contributed by atoms with van der Waals surface area (Å²) in [6.45, 7) is 2.26. The van der Waals surface area contributed by atoms with Crippen molar-refractivity contribution in [1.29, 1.82) is 0 Å². The minimum atomic E-state index is -0.0818. The Bertz CT molecular complexity index is 894. The number of rotatable bonds is 3. The van der Waals surface area contributed by atoms with Gasteiger partial charge >= 0.3 is 0 Å². The highest BCUT2D eigenvalue weighted by molar-refractivity contribution is 5.47. The molecule has 1 N–H and O–H groups in total. The largest absolute Gasteiger partial charge is 0.305 e. The second-order valence-corrected chi connectivity index (χ2v) is 5.75. The van der Waals surface area contributed by atoms with Gasteiger partial charge in [0.2, 0.25) is 0 Å². The van der Waals surface area contributed by atoms with Crippen LogP contribution in [0.2, 0.25) is 0 Å². The van der Waals surface area contributed by atoms with Crippen LogP contribution in [-0.2, 0) is 19.5 Å². The molecule has 3 aromatic heterocycles. The summed E-state index contributed by atoms with van der Waals surface area (Å²) in [5.74, 6) is 0.468. The maximum Gasteiger partial charge on any atom is 0.254 e. The number of H-pyrrole nitrogens is 1. The molecule has 0 spiro atoms. The molecule has 1 aliphatic heterocycles. The van der Waals surface area contributed by atoms with Crippen molar-refractivity contribution < 1.29 is 0 Å². The molecule has 0 saturated carbocycles. The summed E-state index contributed by atoms with van der Waals surface area (Å²) in [5, 5.41) is 0. The van der Waals surface area contributed by atoms with Gasteiger partial charge in [0, 0.05) is 50.0 Å². The van der Waals surface area contributed by atoms with Gasteiger partial charge in [-0.1, -0.05) is 6.07 Å². The highest BCUT2D eigenvalue weighted by atomic mass is 16.1. The van der Waals surface area contributed by atoms with Gasteiger partial charge in [-0.25, -0.2) is 9.97 Å². The Kier molecular flexibility index (Phi) is 3.84. The van der Waals surface area contributed by atoms with E-state index in [0.29, 0.717) is 24.5 Å². The second kappa shape index (κ2) is 6.29. The normalized spacial score (nSPS) is 14.3. The summed E-state index contributed by atoms with van der Waals surface area (Å²) in [4.78, 5) is 34.5. The lowest BCUT2D eigenvalue weighted by Gasteiger charge is -2.27. The zero-order valence-corrected chi connectivity index (χ0v) is 13.0. The van der Waals surface area contributed by atoms with Crippen LogP contribution in [0.1, 0.15) is 16.8 Å². The molecule has 7 heteroatoms. The van der Waals surface area contributed by atoms with Crippen molar-refractivity contribution in [3.63, 3.8) is 0 Å². The lowest BCUT2D eigenvalue weighted by molar-refractivity contribution is 0.240. The SMILES string of the molecule is O=c1[nH]c(-c2cnccn2)nc2c1CCN(Cc1cccnc1)C2. The van der Waals surface area contributed by atoms with Crippen LogP contribution in [0.3, 0.4) is 0 Å². The zero-order chi connectivity index (χ0) is 16.4. The number of aromatic amines is 1. The van der Waals surface area contributed by atoms with Crippen LogP contribution >= 0.6 is 0 Å². The Balaban J connectivity index is 1.62. The van der Waals surface area contributed by atoms with Gasteiger partial charge in [-0.2, -0.15) is 0 Å². The molecule has 7 nitrogen and oxygen atoms in total. The molecule has 0 atom stereocenters. The van der Waals surface area contributed by atoms with Gasteiger partial charge in [-0.15, -0.1) is 0 Å². The molecule has 120 valence electrons. The van der Waals surface area contributed by atoms with Gasteiger partial charge in [-0.3, -0.25) is 19.7 Å². The molecule has 4 rings (SSSR count). The standard InChI is InChI=1S/C17H16N6O/c24-17-13-3-7-23(10-12-2-1-4-18-8-12)11-15(13)21-16(22-17)14-9-19-5-6-20-14/h1-2,4-6,8-9H,3,7,10-11H2,(H,21,22,24). The maximum absolute atomic E-state index is 12.4. The number of fused-ring (bicyclic) bond motifs is 1. The number of aromatic nitrogens is 5. The van der Waals surface area contributed by atoms with E-state index in [4.69, 9.17) is 0 Å². The third kappa shape index (κ3) is 2.93. The molecule has 0 amide bonds. The molecular formula is C17H16N6O. The molecular weight excluding hydrogens is 304 g/mol. The average molecular weight is 320 g/mol. The van der Waals surface area contributed by atoms with Crippen LogP contribution in [0.15, 0.2) is 47.9 Å². The Labute approximate surface area is 138 Å². The lowest BCUT2D eigenvalue weighted by atomic mass is 10.1. The number of hydrogen-bond donors (Lipinski definition) is 1. The second-order valence-electron chi connectivity index (χ2n) is 5.75. The van der Waals surface area contributed by atoms with Gasteiger partial charge in [-0.05, 0) is 18.1 Å². The van der Waals surface area contributed by atoms with E-state index in [-0.39, 0.29) is 5.56 Å². The first-order valence-electron chi connectivity index (χ1n) is 7.79. The Morgan fingerprint density at radius 2 is 2.08 bits per heavy atom. The van der Waals surface area contributed by atoms with E-state index in [0.717, 1.165) is 29.9 Å². The number of nitrogens with one attached hydrogen (secondary N) is 1. The van der Waals surface area contributed by atoms with Crippen molar-refractivity contribution in [3.8, 4) is 11.5 Å². The first-order valence-corrected chi connectivity index (χ1v) is 7.79. The van der Waals surface area contributed by atoms with E-state index >= 15 is 0 Å². The molecule has 0 unspecified atom stereocenters. The number of pyridine rings is 1. The summed E-state index contributed by atoms with van der Waals surface area (Å²) in [6.07, 6.45) is 9.10. The fourth-order valence-corrected chi connectivity index (χ4v) is 2.92. The third-order valence-electron chi connectivity index (χ3n) is 4.09. The molecule has 0 aromatic carbocycles. The van der Waals surface area contributed by atoms with Crippen LogP contribution in [0, 0.1) is 0 Å². The molecule has 1 aliphatic rings. The molecule has 0 radical (unpaired) electrons. The summed E-state index contributed by atoms with van der Waals surface area (Å²) in [5.41, 5.74) is 3.23. The predicted octanol–water partition coefficient (Wildman–Crippen LogP) is 1.18. The first kappa shape index (κ1) is 14.6. The van der Waals surface area contributed by atoms with Crippen molar-refractivity contribution in [3.05, 3.63) is 70.3 Å². The van der Waals surface area contributed by atoms with Crippen molar-refractivity contribution in [2.45, 2.75) is 19.5 Å². The van der Waals surface area contributed by atoms with Crippen molar-refractivity contribution in [1.82, 2.24) is 29.8 Å². The fourth-order valence-electron chi connectivity index (χ4n) is 2.92. The van der Waals surface area contributed by atoms with Crippen LogP contribution in [-0.4, -0.2) is 36.4 Å². The fraction of sp³-hybridized carbons (Fsp3) is 0.235. The number of nitrogens with zero attached hydrogens (tertiary/aromatic N) is 5. The molecule has 3 aromatic rings. The molecule has 0 saturated heterocycles. The molecule has 4 heterocycles. The maximum atomic E-state index is 12.4. The molecule has 0 fully saturated rings. The van der Waals surface area contributed by atoms with E-state index in [1.807, 2.05) is 12.3 Å². The van der Waals surface area contributed by atoms with Crippen LogP contribution < -0.4 is 5.56 Å². The predicted molar refractivity (Wildman–Crippen MR) is 87.9 cm³/mol. The van der Waals surface area contributed by atoms with Gasteiger partial charge in [0.1, 0.15) is 5.69 Å². The minimum Gasteiger partial charge on any atom is -0.305 e. The molecule has 0 bridgehead atoms. The minimum absolute atomic E-state index is 0.0818. The highest BCUT2D eigenvalue weighted by Gasteiger charge is 2.21. The summed E-state index contributed by atoms with van der Waals surface area (Å²) in [6, 6.07) is 3.99.